The Morgan fingerprint density at radius 2 is 2.00 bits per heavy atom. The van der Waals surface area contributed by atoms with Crippen molar-refractivity contribution < 1.29 is 4.79 Å². The van der Waals surface area contributed by atoms with Crippen LogP contribution in [0.15, 0.2) is 42.6 Å². The maximum absolute atomic E-state index is 12.5. The standard InChI is InChI=1S/C23H28N4O/c1-16(17-8-4-2-5-9-17)12-20(28)13-19-14-22-21(15-24-19)23(27-26-22)25-18-10-6-3-7-11-18/h2,4-5,8-9,14-16,18H,3,6-7,10-13H2,1H3,(H2,25,26,27)/t16-/m0/s1. The largest absolute Gasteiger partial charge is 0.365 e. The average Bonchev–Trinajstić information content (AvgIpc) is 3.11. The maximum atomic E-state index is 12.5. The van der Waals surface area contributed by atoms with Crippen LogP contribution in [0.3, 0.4) is 0 Å². The summed E-state index contributed by atoms with van der Waals surface area (Å²) < 4.78 is 0. The molecule has 2 N–H and O–H groups in total. The summed E-state index contributed by atoms with van der Waals surface area (Å²) >= 11 is 0. The lowest BCUT2D eigenvalue weighted by atomic mass is 9.94. The lowest BCUT2D eigenvalue weighted by Gasteiger charge is -2.22. The Bertz CT molecular complexity index is 928. The monoisotopic (exact) mass is 376 g/mol. The van der Waals surface area contributed by atoms with E-state index < -0.39 is 0 Å². The van der Waals surface area contributed by atoms with Crippen LogP contribution in [-0.2, 0) is 11.2 Å². The van der Waals surface area contributed by atoms with Crippen LogP contribution < -0.4 is 5.32 Å². The molecule has 1 aromatic carbocycles. The fourth-order valence-corrected chi connectivity index (χ4v) is 4.12. The molecule has 2 aromatic heterocycles. The number of Topliss-reactive ketones (excluding diaryl/α,β-unsaturated/α-hetero) is 1. The number of H-pyrrole nitrogens is 1. The molecule has 1 saturated carbocycles. The van der Waals surface area contributed by atoms with E-state index in [0.717, 1.165) is 22.4 Å². The molecule has 1 aliphatic rings. The summed E-state index contributed by atoms with van der Waals surface area (Å²) in [5, 5.41) is 12.1. The molecule has 1 aliphatic carbocycles. The first-order valence-electron chi connectivity index (χ1n) is 10.3. The van der Waals surface area contributed by atoms with E-state index in [0.29, 0.717) is 18.9 Å². The summed E-state index contributed by atoms with van der Waals surface area (Å²) in [5.41, 5.74) is 2.93. The van der Waals surface area contributed by atoms with E-state index in [4.69, 9.17) is 0 Å². The number of nitrogens with one attached hydrogen (secondary N) is 2. The number of fused-ring (bicyclic) bond motifs is 1. The number of carbonyl (C=O) groups is 1. The second kappa shape index (κ2) is 8.55. The van der Waals surface area contributed by atoms with Crippen LogP contribution >= 0.6 is 0 Å². The van der Waals surface area contributed by atoms with Crippen LogP contribution in [0.1, 0.15) is 62.6 Å². The second-order valence-corrected chi connectivity index (χ2v) is 8.00. The number of anilines is 1. The van der Waals surface area contributed by atoms with Crippen LogP contribution in [0.5, 0.6) is 0 Å². The molecule has 0 bridgehead atoms. The highest BCUT2D eigenvalue weighted by atomic mass is 16.1. The fraction of sp³-hybridized carbons (Fsp3) is 0.435. The number of ketones is 1. The van der Waals surface area contributed by atoms with Gasteiger partial charge in [-0.25, -0.2) is 0 Å². The quantitative estimate of drug-likeness (QED) is 0.608. The molecule has 4 rings (SSSR count). The summed E-state index contributed by atoms with van der Waals surface area (Å²) in [6, 6.07) is 12.6. The van der Waals surface area contributed by atoms with Gasteiger partial charge in [0.25, 0.3) is 0 Å². The van der Waals surface area contributed by atoms with Crippen molar-refractivity contribution in [1.82, 2.24) is 15.2 Å². The second-order valence-electron chi connectivity index (χ2n) is 8.00. The zero-order chi connectivity index (χ0) is 19.3. The first-order valence-corrected chi connectivity index (χ1v) is 10.3. The van der Waals surface area contributed by atoms with Crippen LogP contribution in [0.4, 0.5) is 5.82 Å². The number of hydrogen-bond acceptors (Lipinski definition) is 4. The van der Waals surface area contributed by atoms with E-state index >= 15 is 0 Å². The lowest BCUT2D eigenvalue weighted by molar-refractivity contribution is -0.118. The van der Waals surface area contributed by atoms with Gasteiger partial charge < -0.3 is 5.32 Å². The van der Waals surface area contributed by atoms with Gasteiger partial charge in [0.15, 0.2) is 5.82 Å². The summed E-state index contributed by atoms with van der Waals surface area (Å²) in [7, 11) is 0. The molecule has 0 amide bonds. The topological polar surface area (TPSA) is 70.7 Å². The number of carbonyl (C=O) groups excluding carboxylic acids is 1. The molecule has 146 valence electrons. The molecule has 5 heteroatoms. The molecule has 0 unspecified atom stereocenters. The number of aromatic nitrogens is 3. The van der Waals surface area contributed by atoms with Gasteiger partial charge in [-0.3, -0.25) is 14.9 Å². The van der Waals surface area contributed by atoms with Gasteiger partial charge in [-0.1, -0.05) is 56.5 Å². The summed E-state index contributed by atoms with van der Waals surface area (Å²) in [4.78, 5) is 17.1. The molecular formula is C23H28N4O. The molecule has 3 aromatic rings. The third kappa shape index (κ3) is 4.41. The van der Waals surface area contributed by atoms with Crippen molar-refractivity contribution >= 4 is 22.5 Å². The van der Waals surface area contributed by atoms with Gasteiger partial charge >= 0.3 is 0 Å². The van der Waals surface area contributed by atoms with Crippen LogP contribution in [0.25, 0.3) is 10.9 Å². The van der Waals surface area contributed by atoms with Crippen molar-refractivity contribution in [1.29, 1.82) is 0 Å². The third-order valence-electron chi connectivity index (χ3n) is 5.73. The molecule has 1 atom stereocenters. The van der Waals surface area contributed by atoms with Crippen LogP contribution in [0.2, 0.25) is 0 Å². The average molecular weight is 377 g/mol. The molecule has 0 spiro atoms. The van der Waals surface area contributed by atoms with E-state index in [1.165, 1.54) is 37.7 Å². The number of aromatic amines is 1. The lowest BCUT2D eigenvalue weighted by Crippen LogP contribution is -2.22. The minimum Gasteiger partial charge on any atom is -0.365 e. The Kier molecular flexibility index (Phi) is 5.70. The zero-order valence-corrected chi connectivity index (χ0v) is 16.4. The van der Waals surface area contributed by atoms with Crippen molar-refractivity contribution in [2.75, 3.05) is 5.32 Å². The van der Waals surface area contributed by atoms with E-state index in [9.17, 15) is 4.79 Å². The highest BCUT2D eigenvalue weighted by Gasteiger charge is 2.17. The maximum Gasteiger partial charge on any atom is 0.157 e. The minimum absolute atomic E-state index is 0.211. The Labute approximate surface area is 166 Å². The third-order valence-corrected chi connectivity index (χ3v) is 5.73. The Hall–Kier alpha value is -2.69. The molecule has 0 saturated heterocycles. The number of pyridine rings is 1. The van der Waals surface area contributed by atoms with Gasteiger partial charge in [0, 0.05) is 30.8 Å². The van der Waals surface area contributed by atoms with Gasteiger partial charge in [-0.2, -0.15) is 5.10 Å². The predicted octanol–water partition coefficient (Wildman–Crippen LogP) is 5.01. The van der Waals surface area contributed by atoms with E-state index in [2.05, 4.69) is 39.6 Å². The van der Waals surface area contributed by atoms with Crippen LogP contribution in [-0.4, -0.2) is 27.0 Å². The first kappa shape index (κ1) is 18.7. The van der Waals surface area contributed by atoms with Crippen molar-refractivity contribution in [2.24, 2.45) is 0 Å². The van der Waals surface area contributed by atoms with Gasteiger partial charge in [0.05, 0.1) is 10.9 Å². The van der Waals surface area contributed by atoms with E-state index in [-0.39, 0.29) is 11.7 Å². The SMILES string of the molecule is C[C@@H](CC(=O)Cc1cc2[nH]nc(NC3CCCCC3)c2cn1)c1ccccc1. The summed E-state index contributed by atoms with van der Waals surface area (Å²) in [6.45, 7) is 2.10. The Balaban J connectivity index is 1.40. The van der Waals surface area contributed by atoms with Crippen molar-refractivity contribution in [3.63, 3.8) is 0 Å². The highest BCUT2D eigenvalue weighted by molar-refractivity contribution is 5.90. The van der Waals surface area contributed by atoms with Crippen molar-refractivity contribution in [3.8, 4) is 0 Å². The normalized spacial score (nSPS) is 16.2. The summed E-state index contributed by atoms with van der Waals surface area (Å²) in [5.74, 6) is 1.31. The molecule has 2 heterocycles. The Morgan fingerprint density at radius 1 is 1.21 bits per heavy atom. The Morgan fingerprint density at radius 3 is 2.79 bits per heavy atom. The van der Waals surface area contributed by atoms with Crippen molar-refractivity contribution in [2.45, 2.75) is 63.8 Å². The molecule has 0 radical (unpaired) electrons. The predicted molar refractivity (Wildman–Crippen MR) is 113 cm³/mol. The summed E-state index contributed by atoms with van der Waals surface area (Å²) in [6.07, 6.45) is 9.03. The van der Waals surface area contributed by atoms with E-state index in [1.807, 2.05) is 30.5 Å². The number of benzene rings is 1. The molecule has 5 nitrogen and oxygen atoms in total. The number of rotatable bonds is 7. The van der Waals surface area contributed by atoms with Gasteiger partial charge in [0.1, 0.15) is 5.78 Å². The van der Waals surface area contributed by atoms with Gasteiger partial charge in [-0.05, 0) is 30.4 Å². The fourth-order valence-electron chi connectivity index (χ4n) is 4.12. The molecule has 0 aliphatic heterocycles. The minimum atomic E-state index is 0.211. The smallest absolute Gasteiger partial charge is 0.157 e. The molecule has 1 fully saturated rings. The van der Waals surface area contributed by atoms with Crippen LogP contribution in [0, 0.1) is 0 Å². The zero-order valence-electron chi connectivity index (χ0n) is 16.4. The van der Waals surface area contributed by atoms with Gasteiger partial charge in [-0.15, -0.1) is 0 Å². The number of nitrogens with zero attached hydrogens (tertiary/aromatic N) is 2. The first-order chi connectivity index (χ1) is 13.7. The molecule has 28 heavy (non-hydrogen) atoms. The number of hydrogen-bond donors (Lipinski definition) is 2. The van der Waals surface area contributed by atoms with Gasteiger partial charge in [0.2, 0.25) is 0 Å². The molecular weight excluding hydrogens is 348 g/mol. The highest BCUT2D eigenvalue weighted by Crippen LogP contribution is 2.26. The van der Waals surface area contributed by atoms with Crippen molar-refractivity contribution in [3.05, 3.63) is 53.9 Å². The van der Waals surface area contributed by atoms with E-state index in [1.54, 1.807) is 0 Å².